The molecule has 0 atom stereocenters. The molecule has 2 rings (SSSR count). The van der Waals surface area contributed by atoms with Gasteiger partial charge in [-0.2, -0.15) is 0 Å². The van der Waals surface area contributed by atoms with Crippen molar-refractivity contribution in [2.45, 2.75) is 56.8 Å². The van der Waals surface area contributed by atoms with E-state index in [9.17, 15) is 13.2 Å². The van der Waals surface area contributed by atoms with E-state index in [2.05, 4.69) is 5.32 Å². The zero-order valence-corrected chi connectivity index (χ0v) is 13.8. The van der Waals surface area contributed by atoms with Crippen LogP contribution in [0.4, 0.5) is 0 Å². The van der Waals surface area contributed by atoms with Gasteiger partial charge in [0.25, 0.3) is 5.91 Å². The fourth-order valence-corrected chi connectivity index (χ4v) is 3.32. The lowest BCUT2D eigenvalue weighted by Gasteiger charge is -2.36. The molecular formula is C15H22N2O4S. The Bertz CT molecular complexity index is 664. The number of amides is 1. The molecule has 0 aromatic heterocycles. The number of carbonyl (C=O) groups is 1. The SMILES string of the molecule is Cc1cc(C(=O)NC2CC(OC(C)C)C2)ccc1S(N)(=O)=O. The Hall–Kier alpha value is -1.44. The summed E-state index contributed by atoms with van der Waals surface area (Å²) in [6.45, 7) is 5.59. The smallest absolute Gasteiger partial charge is 0.251 e. The van der Waals surface area contributed by atoms with Crippen LogP contribution >= 0.6 is 0 Å². The Morgan fingerprint density at radius 1 is 1.36 bits per heavy atom. The molecule has 6 nitrogen and oxygen atoms in total. The van der Waals surface area contributed by atoms with E-state index < -0.39 is 10.0 Å². The first-order valence-electron chi connectivity index (χ1n) is 7.26. The quantitative estimate of drug-likeness (QED) is 0.852. The van der Waals surface area contributed by atoms with Gasteiger partial charge in [-0.3, -0.25) is 4.79 Å². The summed E-state index contributed by atoms with van der Waals surface area (Å²) in [6, 6.07) is 4.48. The highest BCUT2D eigenvalue weighted by Gasteiger charge is 2.31. The van der Waals surface area contributed by atoms with Crippen LogP contribution in [0, 0.1) is 6.92 Å². The molecule has 0 aliphatic heterocycles. The summed E-state index contributed by atoms with van der Waals surface area (Å²) in [5, 5.41) is 8.03. The van der Waals surface area contributed by atoms with Gasteiger partial charge in [0.05, 0.1) is 17.1 Å². The summed E-state index contributed by atoms with van der Waals surface area (Å²) in [5.74, 6) is -0.211. The van der Waals surface area contributed by atoms with Crippen LogP contribution in [0.5, 0.6) is 0 Å². The number of aryl methyl sites for hydroxylation is 1. The molecule has 0 radical (unpaired) electrons. The average molecular weight is 326 g/mol. The minimum atomic E-state index is -3.76. The van der Waals surface area contributed by atoms with Crippen LogP contribution in [0.15, 0.2) is 23.1 Å². The van der Waals surface area contributed by atoms with Crippen LogP contribution in [-0.2, 0) is 14.8 Å². The second kappa shape index (κ2) is 6.36. The standard InChI is InChI=1S/C15H22N2O4S/c1-9(2)21-13-7-12(8-13)17-15(18)11-4-5-14(10(3)6-11)22(16,19)20/h4-6,9,12-13H,7-8H2,1-3H3,(H,17,18)(H2,16,19,20). The molecule has 22 heavy (non-hydrogen) atoms. The van der Waals surface area contributed by atoms with E-state index in [0.717, 1.165) is 12.8 Å². The number of ether oxygens (including phenoxy) is 1. The summed E-state index contributed by atoms with van der Waals surface area (Å²) in [5.41, 5.74) is 0.892. The normalized spacial score (nSPS) is 21.5. The van der Waals surface area contributed by atoms with E-state index in [1.165, 1.54) is 18.2 Å². The monoisotopic (exact) mass is 326 g/mol. The number of nitrogens with two attached hydrogens (primary N) is 1. The molecule has 7 heteroatoms. The van der Waals surface area contributed by atoms with E-state index in [-0.39, 0.29) is 29.1 Å². The fourth-order valence-electron chi connectivity index (χ4n) is 2.56. The zero-order valence-electron chi connectivity index (χ0n) is 13.0. The number of nitrogens with one attached hydrogen (secondary N) is 1. The molecule has 0 unspecified atom stereocenters. The van der Waals surface area contributed by atoms with Crippen LogP contribution in [0.3, 0.4) is 0 Å². The van der Waals surface area contributed by atoms with Crippen LogP contribution in [-0.4, -0.2) is 32.6 Å². The third-order valence-corrected chi connectivity index (χ3v) is 4.71. The van der Waals surface area contributed by atoms with Crippen molar-refractivity contribution >= 4 is 15.9 Å². The number of benzene rings is 1. The number of primary sulfonamides is 1. The van der Waals surface area contributed by atoms with Crippen molar-refractivity contribution in [2.24, 2.45) is 5.14 Å². The molecule has 0 spiro atoms. The maximum absolute atomic E-state index is 12.2. The summed E-state index contributed by atoms with van der Waals surface area (Å²) in [7, 11) is -3.76. The molecule has 122 valence electrons. The minimum absolute atomic E-state index is 0.0399. The molecule has 3 N–H and O–H groups in total. The molecular weight excluding hydrogens is 304 g/mol. The summed E-state index contributed by atoms with van der Waals surface area (Å²) >= 11 is 0. The van der Waals surface area contributed by atoms with Gasteiger partial charge >= 0.3 is 0 Å². The van der Waals surface area contributed by atoms with Gasteiger partial charge in [-0.15, -0.1) is 0 Å². The van der Waals surface area contributed by atoms with E-state index in [1.807, 2.05) is 13.8 Å². The Balaban J connectivity index is 1.96. The number of sulfonamides is 1. The minimum Gasteiger partial charge on any atom is -0.375 e. The molecule has 0 heterocycles. The van der Waals surface area contributed by atoms with E-state index >= 15 is 0 Å². The Morgan fingerprint density at radius 2 is 2.00 bits per heavy atom. The van der Waals surface area contributed by atoms with Crippen LogP contribution in [0.2, 0.25) is 0 Å². The zero-order chi connectivity index (χ0) is 16.5. The van der Waals surface area contributed by atoms with Gasteiger partial charge < -0.3 is 10.1 Å². The number of hydrogen-bond donors (Lipinski definition) is 2. The van der Waals surface area contributed by atoms with Crippen molar-refractivity contribution in [3.63, 3.8) is 0 Å². The lowest BCUT2D eigenvalue weighted by molar-refractivity contribution is -0.0482. The van der Waals surface area contributed by atoms with Crippen molar-refractivity contribution < 1.29 is 17.9 Å². The molecule has 1 amide bonds. The van der Waals surface area contributed by atoms with Gasteiger partial charge in [-0.25, -0.2) is 13.6 Å². The van der Waals surface area contributed by atoms with Crippen LogP contribution in [0.1, 0.15) is 42.6 Å². The molecule has 1 aliphatic rings. The van der Waals surface area contributed by atoms with Crippen molar-refractivity contribution in [3.8, 4) is 0 Å². The summed E-state index contributed by atoms with van der Waals surface area (Å²) < 4.78 is 28.4. The first kappa shape index (κ1) is 16.9. The highest BCUT2D eigenvalue weighted by molar-refractivity contribution is 7.89. The lowest BCUT2D eigenvalue weighted by atomic mass is 9.89. The molecule has 0 saturated heterocycles. The number of carbonyl (C=O) groups excluding carboxylic acids is 1. The molecule has 1 fully saturated rings. The number of hydrogen-bond acceptors (Lipinski definition) is 4. The fraction of sp³-hybridized carbons (Fsp3) is 0.533. The van der Waals surface area contributed by atoms with Gasteiger partial charge in [0, 0.05) is 11.6 Å². The largest absolute Gasteiger partial charge is 0.375 e. The van der Waals surface area contributed by atoms with Crippen molar-refractivity contribution in [1.82, 2.24) is 5.32 Å². The van der Waals surface area contributed by atoms with Gasteiger partial charge in [-0.05, 0) is 57.4 Å². The first-order chi connectivity index (χ1) is 10.2. The Morgan fingerprint density at radius 3 is 2.50 bits per heavy atom. The Labute approximate surface area is 131 Å². The highest BCUT2D eigenvalue weighted by Crippen LogP contribution is 2.25. The predicted molar refractivity (Wildman–Crippen MR) is 83.0 cm³/mol. The van der Waals surface area contributed by atoms with Crippen molar-refractivity contribution in [3.05, 3.63) is 29.3 Å². The third kappa shape index (κ3) is 4.06. The van der Waals surface area contributed by atoms with Crippen LogP contribution < -0.4 is 10.5 Å². The average Bonchev–Trinajstić information content (AvgIpc) is 2.33. The molecule has 1 aromatic rings. The molecule has 1 aliphatic carbocycles. The summed E-state index contributed by atoms with van der Waals surface area (Å²) in [6.07, 6.45) is 2.00. The van der Waals surface area contributed by atoms with E-state index in [4.69, 9.17) is 9.88 Å². The lowest BCUT2D eigenvalue weighted by Crippen LogP contribution is -2.48. The van der Waals surface area contributed by atoms with E-state index in [0.29, 0.717) is 11.1 Å². The Kier molecular flexibility index (Phi) is 4.89. The first-order valence-corrected chi connectivity index (χ1v) is 8.81. The number of rotatable bonds is 5. The van der Waals surface area contributed by atoms with Crippen LogP contribution in [0.25, 0.3) is 0 Å². The maximum Gasteiger partial charge on any atom is 0.251 e. The van der Waals surface area contributed by atoms with Gasteiger partial charge in [-0.1, -0.05) is 0 Å². The third-order valence-electron chi connectivity index (χ3n) is 3.64. The molecule has 0 bridgehead atoms. The van der Waals surface area contributed by atoms with E-state index in [1.54, 1.807) is 6.92 Å². The maximum atomic E-state index is 12.2. The molecule has 1 saturated carbocycles. The highest BCUT2D eigenvalue weighted by atomic mass is 32.2. The van der Waals surface area contributed by atoms with Crippen molar-refractivity contribution in [2.75, 3.05) is 0 Å². The summed E-state index contributed by atoms with van der Waals surface area (Å²) in [4.78, 5) is 12.2. The van der Waals surface area contributed by atoms with Gasteiger partial charge in [0.15, 0.2) is 0 Å². The van der Waals surface area contributed by atoms with Gasteiger partial charge in [0.1, 0.15) is 0 Å². The van der Waals surface area contributed by atoms with Crippen molar-refractivity contribution in [1.29, 1.82) is 0 Å². The second-order valence-electron chi connectivity index (χ2n) is 5.97. The second-order valence-corrected chi connectivity index (χ2v) is 7.50. The topological polar surface area (TPSA) is 98.5 Å². The predicted octanol–water partition coefficient (Wildman–Crippen LogP) is 1.33. The molecule has 1 aromatic carbocycles. The van der Waals surface area contributed by atoms with Gasteiger partial charge in [0.2, 0.25) is 10.0 Å².